The van der Waals surface area contributed by atoms with E-state index >= 15 is 0 Å². The molecule has 136 valence electrons. The number of nitrogens with zero attached hydrogens (tertiary/aromatic N) is 4. The maximum atomic E-state index is 13.1. The molecule has 10 heteroatoms. The summed E-state index contributed by atoms with van der Waals surface area (Å²) in [5.74, 6) is 0.519. The van der Waals surface area contributed by atoms with Gasteiger partial charge in [-0.15, -0.1) is 0 Å². The first-order chi connectivity index (χ1) is 12.9. The Kier molecular flexibility index (Phi) is 3.93. The van der Waals surface area contributed by atoms with Crippen molar-refractivity contribution in [3.05, 3.63) is 53.7 Å². The van der Waals surface area contributed by atoms with Gasteiger partial charge in [-0.25, -0.2) is 15.0 Å². The van der Waals surface area contributed by atoms with Gasteiger partial charge in [-0.2, -0.15) is 13.2 Å². The topological polar surface area (TPSA) is 71.4 Å². The van der Waals surface area contributed by atoms with Gasteiger partial charge in [-0.3, -0.25) is 0 Å². The maximum absolute atomic E-state index is 13.1. The van der Waals surface area contributed by atoms with Crippen LogP contribution in [-0.2, 0) is 6.18 Å². The fraction of sp³-hybridized carbons (Fsp3) is 0.118. The molecule has 0 aliphatic rings. The first kappa shape index (κ1) is 17.2. The van der Waals surface area contributed by atoms with Gasteiger partial charge in [0, 0.05) is 18.8 Å². The average molecular weight is 391 g/mol. The Hall–Kier alpha value is -3.25. The zero-order valence-corrected chi connectivity index (χ0v) is 14.4. The highest BCUT2D eigenvalue weighted by Crippen LogP contribution is 2.34. The van der Waals surface area contributed by atoms with Crippen molar-refractivity contribution in [1.82, 2.24) is 24.5 Å². The quantitative estimate of drug-likeness (QED) is 0.552. The van der Waals surface area contributed by atoms with Crippen LogP contribution in [0.4, 0.5) is 19.0 Å². The molecule has 4 aromatic rings. The van der Waals surface area contributed by atoms with E-state index < -0.39 is 11.7 Å². The van der Waals surface area contributed by atoms with E-state index in [1.165, 1.54) is 17.2 Å². The van der Waals surface area contributed by atoms with Crippen molar-refractivity contribution in [3.8, 4) is 16.9 Å². The van der Waals surface area contributed by atoms with Gasteiger partial charge in [0.25, 0.3) is 0 Å². The smallest absolute Gasteiger partial charge is 0.374 e. The monoisotopic (exact) mass is 390 g/mol. The Morgan fingerprint density at radius 3 is 2.74 bits per heavy atom. The van der Waals surface area contributed by atoms with Crippen LogP contribution < -0.4 is 5.32 Å². The van der Waals surface area contributed by atoms with E-state index in [0.717, 1.165) is 6.07 Å². The number of alkyl halides is 3. The number of hydrogen-bond acceptors (Lipinski definition) is 4. The van der Waals surface area contributed by atoms with Crippen molar-refractivity contribution in [2.24, 2.45) is 0 Å². The summed E-state index contributed by atoms with van der Waals surface area (Å²) in [5, 5.41) is 2.95. The molecule has 0 aliphatic heterocycles. The van der Waals surface area contributed by atoms with Gasteiger partial charge in [0.05, 0.1) is 12.0 Å². The molecule has 0 aliphatic carbocycles. The van der Waals surface area contributed by atoms with E-state index in [2.05, 4.69) is 31.3 Å². The number of rotatable bonds is 3. The highest BCUT2D eigenvalue weighted by molar-refractivity contribution is 6.32. The molecule has 0 bridgehead atoms. The summed E-state index contributed by atoms with van der Waals surface area (Å²) in [6.45, 7) is 0. The van der Waals surface area contributed by atoms with Crippen LogP contribution in [0.1, 0.15) is 5.56 Å². The Morgan fingerprint density at radius 1 is 1.19 bits per heavy atom. The molecular formula is C17H10ClF3N6. The third-order valence-electron chi connectivity index (χ3n) is 3.95. The lowest BCUT2D eigenvalue weighted by Crippen LogP contribution is -2.06. The number of imidazole rings is 1. The Morgan fingerprint density at radius 2 is 2.00 bits per heavy atom. The van der Waals surface area contributed by atoms with Crippen LogP contribution in [0.5, 0.6) is 0 Å². The fourth-order valence-electron chi connectivity index (χ4n) is 2.72. The van der Waals surface area contributed by atoms with Gasteiger partial charge < -0.3 is 14.9 Å². The standard InChI is InChI=1S/C17H10ClF3N6/c1-22-13-4-9(14-15-16(25-7-23-14)26-8-24-15)6-27(13)12-5-10(17(19,20)21)2-3-11(12)18/h4-8,22H,1H3,(H,23,24,25,26). The van der Waals surface area contributed by atoms with Gasteiger partial charge in [0.2, 0.25) is 0 Å². The first-order valence-corrected chi connectivity index (χ1v) is 8.02. The van der Waals surface area contributed by atoms with Gasteiger partial charge >= 0.3 is 6.18 Å². The van der Waals surface area contributed by atoms with E-state index in [1.807, 2.05) is 6.07 Å². The molecule has 0 amide bonds. The summed E-state index contributed by atoms with van der Waals surface area (Å²) in [4.78, 5) is 15.4. The van der Waals surface area contributed by atoms with Crippen molar-refractivity contribution in [2.45, 2.75) is 6.18 Å². The van der Waals surface area contributed by atoms with Crippen LogP contribution in [0.15, 0.2) is 31.0 Å². The molecule has 0 atom stereocenters. The molecular weight excluding hydrogens is 381 g/mol. The van der Waals surface area contributed by atoms with Crippen LogP contribution in [-0.4, -0.2) is 31.6 Å². The zero-order chi connectivity index (χ0) is 19.2. The van der Waals surface area contributed by atoms with Crippen LogP contribution >= 0.6 is 11.6 Å². The molecule has 0 saturated heterocycles. The maximum Gasteiger partial charge on any atom is 0.424 e. The predicted octanol–water partition coefficient (Wildman–Crippen LogP) is 4.12. The van der Waals surface area contributed by atoms with Crippen molar-refractivity contribution in [2.75, 3.05) is 12.4 Å². The van der Waals surface area contributed by atoms with E-state index in [9.17, 15) is 13.2 Å². The lowest BCUT2D eigenvalue weighted by Gasteiger charge is -2.11. The largest absolute Gasteiger partial charge is 0.424 e. The van der Waals surface area contributed by atoms with E-state index in [4.69, 9.17) is 11.6 Å². The number of halogens is 4. The minimum absolute atomic E-state index is 0.0102. The average Bonchev–Trinajstić information content (AvgIpc) is 3.27. The van der Waals surface area contributed by atoms with Gasteiger partial charge in [-0.05, 0) is 18.2 Å². The van der Waals surface area contributed by atoms with E-state index in [0.29, 0.717) is 28.2 Å². The van der Waals surface area contributed by atoms with Crippen LogP contribution in [0, 0.1) is 12.1 Å². The summed E-state index contributed by atoms with van der Waals surface area (Å²) in [5.41, 5.74) is 1.47. The Bertz CT molecular complexity index is 1130. The minimum atomic E-state index is -4.56. The molecule has 27 heavy (non-hydrogen) atoms. The molecule has 0 spiro atoms. The normalized spacial score (nSPS) is 11.6. The molecule has 6 nitrogen and oxygen atoms in total. The van der Waals surface area contributed by atoms with Crippen molar-refractivity contribution < 1.29 is 13.2 Å². The zero-order valence-electron chi connectivity index (χ0n) is 13.7. The van der Waals surface area contributed by atoms with Gasteiger partial charge in [0.15, 0.2) is 5.65 Å². The SMILES string of the molecule is CNc1cc(-c2ncnc3nc[nH]c23)cn1-c1cc(C(F)(F)F)c#cc1Cl. The van der Waals surface area contributed by atoms with Crippen molar-refractivity contribution >= 4 is 28.6 Å². The second-order valence-electron chi connectivity index (χ2n) is 5.56. The third kappa shape index (κ3) is 2.94. The van der Waals surface area contributed by atoms with Crippen molar-refractivity contribution in [3.63, 3.8) is 0 Å². The molecule has 1 aromatic carbocycles. The lowest BCUT2D eigenvalue weighted by molar-refractivity contribution is -0.137. The lowest BCUT2D eigenvalue weighted by atomic mass is 10.2. The Balaban J connectivity index is 1.90. The van der Waals surface area contributed by atoms with E-state index in [1.54, 1.807) is 19.3 Å². The fourth-order valence-corrected chi connectivity index (χ4v) is 2.91. The summed E-state index contributed by atoms with van der Waals surface area (Å²) >= 11 is 6.10. The van der Waals surface area contributed by atoms with Crippen LogP contribution in [0.2, 0.25) is 5.02 Å². The number of aromatic nitrogens is 5. The minimum Gasteiger partial charge on any atom is -0.374 e. The number of H-pyrrole nitrogens is 1. The summed E-state index contributed by atoms with van der Waals surface area (Å²) in [6, 6.07) is 7.03. The highest BCUT2D eigenvalue weighted by Gasteiger charge is 2.32. The highest BCUT2D eigenvalue weighted by atomic mass is 35.5. The van der Waals surface area contributed by atoms with Crippen molar-refractivity contribution in [1.29, 1.82) is 0 Å². The molecule has 3 aromatic heterocycles. The first-order valence-electron chi connectivity index (χ1n) is 7.64. The second-order valence-corrected chi connectivity index (χ2v) is 5.94. The molecule has 3 heterocycles. The third-order valence-corrected chi connectivity index (χ3v) is 4.24. The number of fused-ring (bicyclic) bond motifs is 1. The van der Waals surface area contributed by atoms with Gasteiger partial charge in [-0.1, -0.05) is 17.7 Å². The molecule has 0 radical (unpaired) electrons. The summed E-state index contributed by atoms with van der Waals surface area (Å²) in [7, 11) is 1.65. The summed E-state index contributed by atoms with van der Waals surface area (Å²) in [6.07, 6.45) is -0.0633. The number of nitrogens with one attached hydrogen (secondary N) is 2. The number of aromatic amines is 1. The molecule has 0 saturated carbocycles. The van der Waals surface area contributed by atoms with E-state index in [-0.39, 0.29) is 10.7 Å². The molecule has 2 N–H and O–H groups in total. The number of anilines is 1. The Labute approximate surface area is 156 Å². The van der Waals surface area contributed by atoms with Gasteiger partial charge in [0.1, 0.15) is 33.9 Å². The molecule has 0 unspecified atom stereocenters. The summed E-state index contributed by atoms with van der Waals surface area (Å²) < 4.78 is 40.7. The predicted molar refractivity (Wildman–Crippen MR) is 93.7 cm³/mol. The van der Waals surface area contributed by atoms with Crippen LogP contribution in [0.3, 0.4) is 0 Å². The van der Waals surface area contributed by atoms with Crippen LogP contribution in [0.25, 0.3) is 28.1 Å². The molecule has 0 fully saturated rings. The molecule has 4 rings (SSSR count). The number of hydrogen-bond donors (Lipinski definition) is 2. The second kappa shape index (κ2) is 6.17.